The summed E-state index contributed by atoms with van der Waals surface area (Å²) in [6.07, 6.45) is 3.96. The second-order valence-corrected chi connectivity index (χ2v) is 9.63. The lowest BCUT2D eigenvalue weighted by Crippen LogP contribution is -2.44. The molecule has 2 aromatic heterocycles. The van der Waals surface area contributed by atoms with Gasteiger partial charge in [0.25, 0.3) is 0 Å². The van der Waals surface area contributed by atoms with Crippen LogP contribution in [0.15, 0.2) is 59.8 Å². The predicted molar refractivity (Wildman–Crippen MR) is 116 cm³/mol. The van der Waals surface area contributed by atoms with Gasteiger partial charge in [-0.2, -0.15) is 0 Å². The Bertz CT molecular complexity index is 1040. The third-order valence-electron chi connectivity index (χ3n) is 6.16. The standard InChI is InChI=1S/C23H26N4OS/c1-23(2,26-21(28)20-16-11-24-12-17(16)20)22-25-13-18-19(9-6-10-27(18)22)29-14-15-7-4-3-5-8-15/h3-10,13,16-17,20,24H,11-12,14H2,1-2H3,(H,26,28)/t16-,17?,20?/m0/s1. The lowest BCUT2D eigenvalue weighted by molar-refractivity contribution is -0.124. The molecule has 2 N–H and O–H groups in total. The summed E-state index contributed by atoms with van der Waals surface area (Å²) < 4.78 is 2.11. The molecular formula is C23H26N4OS. The Balaban J connectivity index is 1.35. The van der Waals surface area contributed by atoms with Gasteiger partial charge in [-0.05, 0) is 56.5 Å². The number of hydrogen-bond acceptors (Lipinski definition) is 4. The van der Waals surface area contributed by atoms with Gasteiger partial charge in [0.05, 0.1) is 17.3 Å². The van der Waals surface area contributed by atoms with Crippen molar-refractivity contribution in [3.8, 4) is 0 Å². The predicted octanol–water partition coefficient (Wildman–Crippen LogP) is 3.44. The Morgan fingerprint density at radius 1 is 1.21 bits per heavy atom. The third kappa shape index (κ3) is 3.45. The third-order valence-corrected chi connectivity index (χ3v) is 7.29. The quantitative estimate of drug-likeness (QED) is 0.616. The fourth-order valence-corrected chi connectivity index (χ4v) is 5.56. The molecule has 2 aliphatic rings. The number of fused-ring (bicyclic) bond motifs is 2. The van der Waals surface area contributed by atoms with Crippen LogP contribution in [0.5, 0.6) is 0 Å². The van der Waals surface area contributed by atoms with Crippen LogP contribution in [0, 0.1) is 17.8 Å². The maximum Gasteiger partial charge on any atom is 0.224 e. The van der Waals surface area contributed by atoms with Crippen molar-refractivity contribution in [3.63, 3.8) is 0 Å². The average Bonchev–Trinajstić information content (AvgIpc) is 3.06. The van der Waals surface area contributed by atoms with Crippen LogP contribution in [0.3, 0.4) is 0 Å². The Morgan fingerprint density at radius 2 is 1.97 bits per heavy atom. The van der Waals surface area contributed by atoms with Crippen molar-refractivity contribution >= 4 is 23.2 Å². The van der Waals surface area contributed by atoms with Gasteiger partial charge < -0.3 is 15.0 Å². The smallest absolute Gasteiger partial charge is 0.224 e. The molecule has 1 saturated heterocycles. The summed E-state index contributed by atoms with van der Waals surface area (Å²) in [7, 11) is 0. The van der Waals surface area contributed by atoms with Gasteiger partial charge in [0, 0.05) is 22.8 Å². The molecule has 150 valence electrons. The summed E-state index contributed by atoms with van der Waals surface area (Å²) in [6, 6.07) is 14.7. The van der Waals surface area contributed by atoms with Crippen molar-refractivity contribution in [3.05, 3.63) is 66.2 Å². The summed E-state index contributed by atoms with van der Waals surface area (Å²) >= 11 is 1.81. The number of imidazole rings is 1. The second kappa shape index (κ2) is 7.18. The number of thioether (sulfide) groups is 1. The van der Waals surface area contributed by atoms with Crippen molar-refractivity contribution in [1.29, 1.82) is 0 Å². The molecule has 3 heterocycles. The van der Waals surface area contributed by atoms with Gasteiger partial charge in [0.15, 0.2) is 0 Å². The number of amides is 1. The maximum absolute atomic E-state index is 12.8. The van der Waals surface area contributed by atoms with Gasteiger partial charge in [-0.3, -0.25) is 4.79 Å². The van der Waals surface area contributed by atoms with Crippen molar-refractivity contribution in [2.75, 3.05) is 13.1 Å². The van der Waals surface area contributed by atoms with E-state index in [0.717, 1.165) is 30.2 Å². The van der Waals surface area contributed by atoms with Crippen LogP contribution in [0.4, 0.5) is 0 Å². The minimum atomic E-state index is -0.531. The fraction of sp³-hybridized carbons (Fsp3) is 0.391. The first-order valence-electron chi connectivity index (χ1n) is 10.2. The summed E-state index contributed by atoms with van der Waals surface area (Å²) in [5.74, 6) is 3.15. The molecule has 1 aliphatic carbocycles. The van der Waals surface area contributed by atoms with Crippen molar-refractivity contribution < 1.29 is 4.79 Å². The van der Waals surface area contributed by atoms with Crippen molar-refractivity contribution in [2.24, 2.45) is 17.8 Å². The molecule has 1 aromatic carbocycles. The first-order valence-corrected chi connectivity index (χ1v) is 11.2. The largest absolute Gasteiger partial charge is 0.344 e. The van der Waals surface area contributed by atoms with E-state index in [-0.39, 0.29) is 11.8 Å². The van der Waals surface area contributed by atoms with Gasteiger partial charge in [-0.1, -0.05) is 30.3 Å². The normalized spacial score (nSPS) is 23.2. The Morgan fingerprint density at radius 3 is 2.72 bits per heavy atom. The van der Waals surface area contributed by atoms with Crippen molar-refractivity contribution in [2.45, 2.75) is 30.0 Å². The highest BCUT2D eigenvalue weighted by Gasteiger charge is 2.57. The van der Waals surface area contributed by atoms with E-state index in [1.807, 2.05) is 44.1 Å². The van der Waals surface area contributed by atoms with Crippen LogP contribution in [-0.2, 0) is 16.1 Å². The number of carbonyl (C=O) groups is 1. The average molecular weight is 407 g/mol. The molecule has 5 nitrogen and oxygen atoms in total. The van der Waals surface area contributed by atoms with E-state index in [9.17, 15) is 4.79 Å². The zero-order chi connectivity index (χ0) is 20.0. The molecule has 2 fully saturated rings. The monoisotopic (exact) mass is 406 g/mol. The van der Waals surface area contributed by atoms with Crippen LogP contribution in [-0.4, -0.2) is 28.4 Å². The van der Waals surface area contributed by atoms with Crippen LogP contribution >= 0.6 is 11.8 Å². The van der Waals surface area contributed by atoms with E-state index in [2.05, 4.69) is 51.4 Å². The van der Waals surface area contributed by atoms with Gasteiger partial charge in [-0.25, -0.2) is 4.98 Å². The Hall–Kier alpha value is -2.31. The number of nitrogens with one attached hydrogen (secondary N) is 2. The number of hydrogen-bond donors (Lipinski definition) is 2. The van der Waals surface area contributed by atoms with E-state index < -0.39 is 5.54 Å². The van der Waals surface area contributed by atoms with E-state index in [4.69, 9.17) is 4.98 Å². The minimum Gasteiger partial charge on any atom is -0.344 e. The van der Waals surface area contributed by atoms with Crippen LogP contribution in [0.25, 0.3) is 5.52 Å². The number of piperidine rings is 1. The fourth-order valence-electron chi connectivity index (χ4n) is 4.57. The molecule has 1 saturated carbocycles. The molecule has 29 heavy (non-hydrogen) atoms. The van der Waals surface area contributed by atoms with E-state index in [0.29, 0.717) is 11.8 Å². The molecule has 1 amide bonds. The minimum absolute atomic E-state index is 0.165. The van der Waals surface area contributed by atoms with Crippen LogP contribution < -0.4 is 10.6 Å². The summed E-state index contributed by atoms with van der Waals surface area (Å²) in [4.78, 5) is 18.7. The lowest BCUT2D eigenvalue weighted by Gasteiger charge is -2.26. The molecule has 5 rings (SSSR count). The number of aromatic nitrogens is 2. The van der Waals surface area contributed by atoms with Gasteiger partial charge >= 0.3 is 0 Å². The molecule has 0 radical (unpaired) electrons. The summed E-state index contributed by atoms with van der Waals surface area (Å²) in [6.45, 7) is 6.02. The molecular weight excluding hydrogens is 380 g/mol. The van der Waals surface area contributed by atoms with E-state index in [1.54, 1.807) is 0 Å². The van der Waals surface area contributed by atoms with Crippen LogP contribution in [0.1, 0.15) is 25.2 Å². The number of rotatable bonds is 6. The highest BCUT2D eigenvalue weighted by molar-refractivity contribution is 7.98. The first-order chi connectivity index (χ1) is 14.0. The summed E-state index contributed by atoms with van der Waals surface area (Å²) in [5, 5.41) is 6.61. The molecule has 0 bridgehead atoms. The Kier molecular flexibility index (Phi) is 4.63. The highest BCUT2D eigenvalue weighted by Crippen LogP contribution is 2.49. The van der Waals surface area contributed by atoms with E-state index >= 15 is 0 Å². The zero-order valence-corrected chi connectivity index (χ0v) is 17.6. The highest BCUT2D eigenvalue weighted by atomic mass is 32.2. The molecule has 0 spiro atoms. The molecule has 1 aliphatic heterocycles. The Labute approximate surface area is 175 Å². The number of pyridine rings is 1. The molecule has 2 unspecified atom stereocenters. The summed E-state index contributed by atoms with van der Waals surface area (Å²) in [5.41, 5.74) is 1.85. The van der Waals surface area contributed by atoms with Gasteiger partial charge in [0.1, 0.15) is 5.82 Å². The number of benzene rings is 1. The topological polar surface area (TPSA) is 58.4 Å². The number of carbonyl (C=O) groups excluding carboxylic acids is 1. The SMILES string of the molecule is CC(C)(NC(=O)C1C2CNC[C@@H]21)c1ncc2c(SCc3ccccc3)cccn12. The molecule has 3 aromatic rings. The lowest BCUT2D eigenvalue weighted by atomic mass is 10.0. The second-order valence-electron chi connectivity index (χ2n) is 8.61. The van der Waals surface area contributed by atoms with Crippen molar-refractivity contribution in [1.82, 2.24) is 20.0 Å². The molecule has 3 atom stereocenters. The van der Waals surface area contributed by atoms with Crippen LogP contribution in [0.2, 0.25) is 0 Å². The van der Waals surface area contributed by atoms with E-state index in [1.165, 1.54) is 10.5 Å². The first kappa shape index (κ1) is 18.7. The maximum atomic E-state index is 12.8. The zero-order valence-electron chi connectivity index (χ0n) is 16.8. The number of nitrogens with zero attached hydrogens (tertiary/aromatic N) is 2. The van der Waals surface area contributed by atoms with Gasteiger partial charge in [-0.15, -0.1) is 11.8 Å². The van der Waals surface area contributed by atoms with Gasteiger partial charge in [0.2, 0.25) is 5.91 Å². The molecule has 6 heteroatoms.